The van der Waals surface area contributed by atoms with E-state index in [2.05, 4.69) is 10.5 Å². The molecule has 0 saturated heterocycles. The van der Waals surface area contributed by atoms with Crippen molar-refractivity contribution in [3.05, 3.63) is 52.9 Å². The van der Waals surface area contributed by atoms with Crippen LogP contribution in [-0.4, -0.2) is 28.9 Å². The van der Waals surface area contributed by atoms with Gasteiger partial charge in [-0.2, -0.15) is 0 Å². The third-order valence-electron chi connectivity index (χ3n) is 3.96. The second-order valence-electron chi connectivity index (χ2n) is 5.92. The van der Waals surface area contributed by atoms with Crippen LogP contribution < -0.4 is 5.32 Å². The monoisotopic (exact) mass is 329 g/mol. The minimum atomic E-state index is -0.344. The number of aromatic nitrogens is 1. The Balaban J connectivity index is 2.08. The Morgan fingerprint density at radius 3 is 2.46 bits per heavy atom. The molecule has 0 aliphatic rings. The summed E-state index contributed by atoms with van der Waals surface area (Å²) in [4.78, 5) is 25.7. The van der Waals surface area contributed by atoms with E-state index in [1.807, 2.05) is 44.2 Å². The zero-order valence-electron chi connectivity index (χ0n) is 14.5. The number of benzene rings is 1. The molecule has 2 amide bonds. The highest BCUT2D eigenvalue weighted by Crippen LogP contribution is 2.19. The summed E-state index contributed by atoms with van der Waals surface area (Å²) in [6.07, 6.45) is 0.198. The molecular formula is C18H23N3O3. The summed E-state index contributed by atoms with van der Waals surface area (Å²) < 4.78 is 5.13. The summed E-state index contributed by atoms with van der Waals surface area (Å²) in [6, 6.07) is 9.15. The van der Waals surface area contributed by atoms with Gasteiger partial charge in [-0.1, -0.05) is 35.5 Å². The molecule has 2 rings (SSSR count). The van der Waals surface area contributed by atoms with Crippen LogP contribution in [0.1, 0.15) is 42.0 Å². The Kier molecular flexibility index (Phi) is 5.73. The van der Waals surface area contributed by atoms with E-state index in [0.29, 0.717) is 12.3 Å². The Hall–Kier alpha value is -2.63. The summed E-state index contributed by atoms with van der Waals surface area (Å²) >= 11 is 0. The average molecular weight is 329 g/mol. The molecule has 0 radical (unpaired) electrons. The molecule has 24 heavy (non-hydrogen) atoms. The van der Waals surface area contributed by atoms with E-state index >= 15 is 0 Å². The quantitative estimate of drug-likeness (QED) is 0.883. The Bertz CT molecular complexity index is 690. The molecule has 0 fully saturated rings. The van der Waals surface area contributed by atoms with Crippen LogP contribution in [0.2, 0.25) is 0 Å². The van der Waals surface area contributed by atoms with Gasteiger partial charge in [-0.05, 0) is 19.4 Å². The predicted molar refractivity (Wildman–Crippen MR) is 90.1 cm³/mol. The number of hydrogen-bond donors (Lipinski definition) is 1. The van der Waals surface area contributed by atoms with Gasteiger partial charge in [-0.15, -0.1) is 0 Å². The fourth-order valence-corrected chi connectivity index (χ4v) is 2.57. The molecule has 1 atom stereocenters. The van der Waals surface area contributed by atoms with Crippen LogP contribution in [0.25, 0.3) is 0 Å². The van der Waals surface area contributed by atoms with E-state index in [-0.39, 0.29) is 24.3 Å². The summed E-state index contributed by atoms with van der Waals surface area (Å²) in [5.41, 5.74) is 2.61. The summed E-state index contributed by atoms with van der Waals surface area (Å²) in [7, 11) is 1.74. The molecule has 128 valence electrons. The Labute approximate surface area is 141 Å². The average Bonchev–Trinajstić information content (AvgIpc) is 2.86. The molecular weight excluding hydrogens is 306 g/mol. The molecule has 0 bridgehead atoms. The lowest BCUT2D eigenvalue weighted by Crippen LogP contribution is -2.33. The molecule has 1 heterocycles. The first kappa shape index (κ1) is 17.7. The fourth-order valence-electron chi connectivity index (χ4n) is 2.57. The minimum absolute atomic E-state index is 0.0578. The van der Waals surface area contributed by atoms with Gasteiger partial charge < -0.3 is 14.7 Å². The van der Waals surface area contributed by atoms with E-state index in [1.165, 1.54) is 6.92 Å². The van der Waals surface area contributed by atoms with Crippen molar-refractivity contribution in [2.45, 2.75) is 39.8 Å². The molecule has 2 aromatic rings. The summed E-state index contributed by atoms with van der Waals surface area (Å²) in [6.45, 7) is 5.57. The van der Waals surface area contributed by atoms with Gasteiger partial charge in [-0.25, -0.2) is 0 Å². The lowest BCUT2D eigenvalue weighted by Gasteiger charge is -2.22. The van der Waals surface area contributed by atoms with Gasteiger partial charge in [0.1, 0.15) is 5.76 Å². The normalized spacial score (nSPS) is 11.8. The van der Waals surface area contributed by atoms with E-state index in [0.717, 1.165) is 16.8 Å². The Morgan fingerprint density at radius 2 is 1.92 bits per heavy atom. The second-order valence-corrected chi connectivity index (χ2v) is 5.92. The number of carbonyl (C=O) groups excluding carboxylic acids is 2. The van der Waals surface area contributed by atoms with Gasteiger partial charge in [0.25, 0.3) is 0 Å². The third-order valence-corrected chi connectivity index (χ3v) is 3.96. The van der Waals surface area contributed by atoms with Crippen LogP contribution in [-0.2, 0) is 16.1 Å². The number of nitrogens with one attached hydrogen (secondary N) is 1. The maximum Gasteiger partial charge on any atom is 0.225 e. The summed E-state index contributed by atoms with van der Waals surface area (Å²) in [5.74, 6) is 0.497. The molecule has 1 aromatic heterocycles. The van der Waals surface area contributed by atoms with Crippen molar-refractivity contribution in [1.29, 1.82) is 0 Å². The van der Waals surface area contributed by atoms with Crippen LogP contribution in [0, 0.1) is 13.8 Å². The highest BCUT2D eigenvalue weighted by Gasteiger charge is 2.21. The SMILES string of the molecule is CC(=O)NC(CC(=O)N(C)Cc1c(C)noc1C)c1ccccc1. The van der Waals surface area contributed by atoms with Gasteiger partial charge >= 0.3 is 0 Å². The lowest BCUT2D eigenvalue weighted by atomic mass is 10.0. The van der Waals surface area contributed by atoms with E-state index in [4.69, 9.17) is 4.52 Å². The van der Waals surface area contributed by atoms with Crippen LogP contribution in [0.15, 0.2) is 34.9 Å². The Morgan fingerprint density at radius 1 is 1.25 bits per heavy atom. The molecule has 0 spiro atoms. The first-order chi connectivity index (χ1) is 11.4. The molecule has 1 unspecified atom stereocenters. The highest BCUT2D eigenvalue weighted by molar-refractivity contribution is 5.79. The molecule has 0 saturated carbocycles. The van der Waals surface area contributed by atoms with Crippen LogP contribution in [0.4, 0.5) is 0 Å². The highest BCUT2D eigenvalue weighted by atomic mass is 16.5. The van der Waals surface area contributed by atoms with Gasteiger partial charge in [0.05, 0.1) is 24.7 Å². The lowest BCUT2D eigenvalue weighted by molar-refractivity contribution is -0.131. The zero-order chi connectivity index (χ0) is 17.7. The minimum Gasteiger partial charge on any atom is -0.361 e. The van der Waals surface area contributed by atoms with Crippen molar-refractivity contribution >= 4 is 11.8 Å². The van der Waals surface area contributed by atoms with Gasteiger partial charge in [0.15, 0.2) is 0 Å². The topological polar surface area (TPSA) is 75.4 Å². The van der Waals surface area contributed by atoms with E-state index in [9.17, 15) is 9.59 Å². The third kappa shape index (κ3) is 4.44. The first-order valence-electron chi connectivity index (χ1n) is 7.86. The fraction of sp³-hybridized carbons (Fsp3) is 0.389. The molecule has 6 heteroatoms. The standard InChI is InChI=1S/C18H23N3O3/c1-12-16(13(2)24-20-12)11-21(4)18(23)10-17(19-14(3)22)15-8-6-5-7-9-15/h5-9,17H,10-11H2,1-4H3,(H,19,22). The predicted octanol–water partition coefficient (Wildman–Crippen LogP) is 2.52. The zero-order valence-corrected chi connectivity index (χ0v) is 14.5. The van der Waals surface area contributed by atoms with Crippen LogP contribution >= 0.6 is 0 Å². The maximum atomic E-state index is 12.6. The van der Waals surface area contributed by atoms with Crippen LogP contribution in [0.5, 0.6) is 0 Å². The summed E-state index contributed by atoms with van der Waals surface area (Å²) in [5, 5.41) is 6.75. The molecule has 1 N–H and O–H groups in total. The van der Waals surface area contributed by atoms with E-state index < -0.39 is 0 Å². The van der Waals surface area contributed by atoms with Crippen molar-refractivity contribution in [2.24, 2.45) is 0 Å². The molecule has 1 aromatic carbocycles. The molecule has 0 aliphatic heterocycles. The van der Waals surface area contributed by atoms with Crippen LogP contribution in [0.3, 0.4) is 0 Å². The second kappa shape index (κ2) is 7.77. The molecule has 0 aliphatic carbocycles. The molecule has 6 nitrogen and oxygen atoms in total. The smallest absolute Gasteiger partial charge is 0.225 e. The van der Waals surface area contributed by atoms with Gasteiger partial charge in [-0.3, -0.25) is 9.59 Å². The largest absolute Gasteiger partial charge is 0.361 e. The first-order valence-corrected chi connectivity index (χ1v) is 7.86. The van der Waals surface area contributed by atoms with Crippen molar-refractivity contribution in [2.75, 3.05) is 7.05 Å². The van der Waals surface area contributed by atoms with Crippen molar-refractivity contribution in [3.8, 4) is 0 Å². The number of nitrogens with zero attached hydrogens (tertiary/aromatic N) is 2. The van der Waals surface area contributed by atoms with Gasteiger partial charge in [0.2, 0.25) is 11.8 Å². The van der Waals surface area contributed by atoms with Crippen molar-refractivity contribution in [1.82, 2.24) is 15.4 Å². The number of amides is 2. The van der Waals surface area contributed by atoms with Gasteiger partial charge in [0, 0.05) is 19.5 Å². The maximum absolute atomic E-state index is 12.6. The number of carbonyl (C=O) groups is 2. The number of aryl methyl sites for hydroxylation is 2. The number of hydrogen-bond acceptors (Lipinski definition) is 4. The number of rotatable bonds is 6. The van der Waals surface area contributed by atoms with Crippen molar-refractivity contribution < 1.29 is 14.1 Å². The van der Waals surface area contributed by atoms with E-state index in [1.54, 1.807) is 11.9 Å². The van der Waals surface area contributed by atoms with Crippen molar-refractivity contribution in [3.63, 3.8) is 0 Å².